The highest BCUT2D eigenvalue weighted by molar-refractivity contribution is 5.85. The second kappa shape index (κ2) is 12.2. The summed E-state index contributed by atoms with van der Waals surface area (Å²) in [6.07, 6.45) is 7.41. The van der Waals surface area contributed by atoms with Crippen LogP contribution in [0.5, 0.6) is 5.75 Å². The van der Waals surface area contributed by atoms with Crippen LogP contribution in [-0.2, 0) is 14.3 Å². The lowest BCUT2D eigenvalue weighted by atomic mass is 9.77. The first-order valence-electron chi connectivity index (χ1n) is 14.1. The molecule has 3 aromatic heterocycles. The summed E-state index contributed by atoms with van der Waals surface area (Å²) in [7, 11) is 0. The van der Waals surface area contributed by atoms with E-state index >= 15 is 0 Å². The molecule has 2 fully saturated rings. The van der Waals surface area contributed by atoms with Crippen LogP contribution in [0.25, 0.3) is 16.6 Å². The number of ether oxygens (including phenoxy) is 3. The second-order valence-electron chi connectivity index (χ2n) is 11.3. The van der Waals surface area contributed by atoms with Gasteiger partial charge >= 0.3 is 5.97 Å². The molecule has 0 bridgehead atoms. The summed E-state index contributed by atoms with van der Waals surface area (Å²) in [5, 5.41) is 14.1. The maximum atomic E-state index is 12.2. The van der Waals surface area contributed by atoms with E-state index in [2.05, 4.69) is 27.9 Å². The van der Waals surface area contributed by atoms with Gasteiger partial charge in [0.1, 0.15) is 24.2 Å². The van der Waals surface area contributed by atoms with Crippen molar-refractivity contribution >= 4 is 17.3 Å². The molecule has 3 aromatic rings. The zero-order valence-corrected chi connectivity index (χ0v) is 23.6. The largest absolute Gasteiger partial charge is 0.491 e. The third-order valence-electron chi connectivity index (χ3n) is 7.78. The zero-order chi connectivity index (χ0) is 28.1. The molecular weight excluding hydrogens is 508 g/mol. The molecule has 5 rings (SSSR count). The van der Waals surface area contributed by atoms with E-state index in [1.54, 1.807) is 10.7 Å². The molecular formula is C30H38N6O4. The van der Waals surface area contributed by atoms with Crippen molar-refractivity contribution < 1.29 is 19.0 Å². The number of carbonyl (C=O) groups excluding carboxylic acids is 1. The van der Waals surface area contributed by atoms with Crippen LogP contribution in [0.1, 0.15) is 45.6 Å². The number of nitrogens with zero attached hydrogens (tertiary/aromatic N) is 6. The van der Waals surface area contributed by atoms with Gasteiger partial charge in [0.2, 0.25) is 0 Å². The number of esters is 1. The third kappa shape index (κ3) is 6.54. The van der Waals surface area contributed by atoms with Crippen molar-refractivity contribution in [1.29, 1.82) is 5.26 Å². The maximum absolute atomic E-state index is 12.2. The zero-order valence-electron chi connectivity index (χ0n) is 23.6. The van der Waals surface area contributed by atoms with Crippen LogP contribution >= 0.6 is 0 Å². The van der Waals surface area contributed by atoms with Gasteiger partial charge in [0.05, 0.1) is 49.2 Å². The summed E-state index contributed by atoms with van der Waals surface area (Å²) in [6.45, 7) is 12.3. The number of hydrogen-bond acceptors (Lipinski definition) is 9. The number of carbonyl (C=O) groups is 1. The van der Waals surface area contributed by atoms with Crippen LogP contribution in [-0.4, -0.2) is 84.1 Å². The predicted octanol–water partition coefficient (Wildman–Crippen LogP) is 3.93. The molecule has 0 saturated carbocycles. The quantitative estimate of drug-likeness (QED) is 0.369. The Balaban J connectivity index is 1.28. The molecule has 2 aliphatic heterocycles. The Morgan fingerprint density at radius 2 is 1.95 bits per heavy atom. The number of anilines is 1. The van der Waals surface area contributed by atoms with Crippen LogP contribution in [0.2, 0.25) is 0 Å². The Labute approximate surface area is 235 Å². The molecule has 0 aromatic carbocycles. The summed E-state index contributed by atoms with van der Waals surface area (Å²) < 4.78 is 18.6. The average Bonchev–Trinajstić information content (AvgIpc) is 3.36. The van der Waals surface area contributed by atoms with E-state index in [1.165, 1.54) is 0 Å². The summed E-state index contributed by atoms with van der Waals surface area (Å²) in [6, 6.07) is 8.29. The molecule has 0 amide bonds. The number of piperidine rings is 1. The lowest BCUT2D eigenvalue weighted by Crippen LogP contribution is -2.40. The van der Waals surface area contributed by atoms with Gasteiger partial charge in [-0.15, -0.1) is 0 Å². The monoisotopic (exact) mass is 546 g/mol. The number of rotatable bonds is 9. The Bertz CT molecular complexity index is 1350. The van der Waals surface area contributed by atoms with E-state index in [0.29, 0.717) is 24.3 Å². The minimum atomic E-state index is -0.122. The van der Waals surface area contributed by atoms with E-state index in [1.807, 2.05) is 44.4 Å². The van der Waals surface area contributed by atoms with Crippen LogP contribution < -0.4 is 9.64 Å². The average molecular weight is 547 g/mol. The smallest absolute Gasteiger partial charge is 0.306 e. The molecule has 2 aliphatic rings. The van der Waals surface area contributed by atoms with E-state index in [0.717, 1.165) is 81.2 Å². The first-order chi connectivity index (χ1) is 19.3. The van der Waals surface area contributed by atoms with Crippen LogP contribution in [0.15, 0.2) is 36.8 Å². The molecule has 0 spiro atoms. The van der Waals surface area contributed by atoms with Gasteiger partial charge in [-0.2, -0.15) is 10.4 Å². The van der Waals surface area contributed by atoms with Gasteiger partial charge < -0.3 is 19.1 Å². The summed E-state index contributed by atoms with van der Waals surface area (Å²) in [5.74, 6) is 1.47. The molecule has 5 heterocycles. The third-order valence-corrected chi connectivity index (χ3v) is 7.78. The number of hydrogen-bond donors (Lipinski definition) is 0. The Morgan fingerprint density at radius 1 is 1.18 bits per heavy atom. The molecule has 0 N–H and O–H groups in total. The van der Waals surface area contributed by atoms with Crippen molar-refractivity contribution in [2.45, 2.75) is 46.1 Å². The van der Waals surface area contributed by atoms with E-state index in [4.69, 9.17) is 19.2 Å². The molecule has 2 saturated heterocycles. The fourth-order valence-electron chi connectivity index (χ4n) is 5.43. The van der Waals surface area contributed by atoms with Crippen molar-refractivity contribution in [3.63, 3.8) is 0 Å². The van der Waals surface area contributed by atoms with Crippen molar-refractivity contribution in [2.75, 3.05) is 57.4 Å². The van der Waals surface area contributed by atoms with Crippen molar-refractivity contribution in [1.82, 2.24) is 19.5 Å². The minimum absolute atomic E-state index is 0.0636. The molecule has 10 nitrogen and oxygen atoms in total. The minimum Gasteiger partial charge on any atom is -0.491 e. The van der Waals surface area contributed by atoms with Gasteiger partial charge in [-0.3, -0.25) is 9.69 Å². The van der Waals surface area contributed by atoms with Crippen molar-refractivity contribution in [3.8, 4) is 22.9 Å². The summed E-state index contributed by atoms with van der Waals surface area (Å²) in [5.41, 5.74) is 2.92. The molecule has 0 unspecified atom stereocenters. The lowest BCUT2D eigenvalue weighted by Gasteiger charge is -2.39. The number of morpholine rings is 1. The molecule has 0 atom stereocenters. The van der Waals surface area contributed by atoms with Gasteiger partial charge in [-0.25, -0.2) is 9.50 Å². The fourth-order valence-corrected chi connectivity index (χ4v) is 5.43. The van der Waals surface area contributed by atoms with E-state index in [9.17, 15) is 10.1 Å². The first kappa shape index (κ1) is 27.9. The second-order valence-corrected chi connectivity index (χ2v) is 11.3. The Hall–Kier alpha value is -3.68. The van der Waals surface area contributed by atoms with Crippen molar-refractivity contribution in [3.05, 3.63) is 42.4 Å². The summed E-state index contributed by atoms with van der Waals surface area (Å²) in [4.78, 5) is 21.6. The lowest BCUT2D eigenvalue weighted by molar-refractivity contribution is -0.150. The number of pyridine rings is 2. The van der Waals surface area contributed by atoms with Crippen LogP contribution in [0.3, 0.4) is 0 Å². The molecule has 40 heavy (non-hydrogen) atoms. The van der Waals surface area contributed by atoms with Gasteiger partial charge in [-0.1, -0.05) is 6.92 Å². The highest BCUT2D eigenvalue weighted by atomic mass is 16.5. The van der Waals surface area contributed by atoms with Crippen LogP contribution in [0, 0.1) is 16.7 Å². The highest BCUT2D eigenvalue weighted by Crippen LogP contribution is 2.37. The highest BCUT2D eigenvalue weighted by Gasteiger charge is 2.33. The standard InChI is InChI=1S/C30H38N6O4/c1-22(2)40-28(37)17-30(3)6-8-35(9-7-30)27-5-4-23(19-32-27)26-16-25(21-36-29(26)24(18-31)20-33-36)39-15-12-34-10-13-38-14-11-34/h4-5,16,19-22H,6-15,17H2,1-3H3. The topological polar surface area (TPSA) is 105 Å². The molecule has 212 valence electrons. The predicted molar refractivity (Wildman–Crippen MR) is 151 cm³/mol. The number of fused-ring (bicyclic) bond motifs is 1. The molecule has 0 radical (unpaired) electrons. The molecule has 0 aliphatic carbocycles. The molecule has 10 heteroatoms. The number of nitriles is 1. The van der Waals surface area contributed by atoms with Crippen molar-refractivity contribution in [2.24, 2.45) is 5.41 Å². The van der Waals surface area contributed by atoms with Gasteiger partial charge in [-0.05, 0) is 50.3 Å². The van der Waals surface area contributed by atoms with E-state index in [-0.39, 0.29) is 17.5 Å². The van der Waals surface area contributed by atoms with Crippen LogP contribution in [0.4, 0.5) is 5.82 Å². The number of aromatic nitrogens is 3. The summed E-state index contributed by atoms with van der Waals surface area (Å²) >= 11 is 0. The SMILES string of the molecule is CC(C)OC(=O)CC1(C)CCN(c2ccc(-c3cc(OCCN4CCOCC4)cn4ncc(C#N)c34)cn2)CC1. The normalized spacial score (nSPS) is 17.6. The fraction of sp³-hybridized carbons (Fsp3) is 0.533. The Morgan fingerprint density at radius 3 is 2.62 bits per heavy atom. The Kier molecular flexibility index (Phi) is 8.52. The maximum Gasteiger partial charge on any atom is 0.306 e. The van der Waals surface area contributed by atoms with Gasteiger partial charge in [0.25, 0.3) is 0 Å². The van der Waals surface area contributed by atoms with Gasteiger partial charge in [0, 0.05) is 50.0 Å². The van der Waals surface area contributed by atoms with Gasteiger partial charge in [0.15, 0.2) is 0 Å². The van der Waals surface area contributed by atoms with E-state index < -0.39 is 0 Å². The first-order valence-corrected chi connectivity index (χ1v) is 14.1.